The predicted molar refractivity (Wildman–Crippen MR) is 79.9 cm³/mol. The van der Waals surface area contributed by atoms with Gasteiger partial charge in [-0.25, -0.2) is 0 Å². The van der Waals surface area contributed by atoms with Gasteiger partial charge in [-0.05, 0) is 38.1 Å². The first-order valence-corrected chi connectivity index (χ1v) is 7.08. The molecule has 0 amide bonds. The van der Waals surface area contributed by atoms with Crippen molar-refractivity contribution in [1.82, 2.24) is 4.90 Å². The van der Waals surface area contributed by atoms with Gasteiger partial charge in [0.1, 0.15) is 0 Å². The Labute approximate surface area is 120 Å². The molecule has 1 aliphatic heterocycles. The van der Waals surface area contributed by atoms with E-state index in [1.165, 1.54) is 5.69 Å². The van der Waals surface area contributed by atoms with Crippen LogP contribution in [0.5, 0.6) is 0 Å². The summed E-state index contributed by atoms with van der Waals surface area (Å²) < 4.78 is 0. The molecule has 0 N–H and O–H groups in total. The lowest BCUT2D eigenvalue weighted by Gasteiger charge is -2.36. The van der Waals surface area contributed by atoms with Crippen LogP contribution in [0.2, 0.25) is 0 Å². The van der Waals surface area contributed by atoms with E-state index in [9.17, 15) is 4.79 Å². The van der Waals surface area contributed by atoms with E-state index in [1.54, 1.807) is 6.92 Å². The lowest BCUT2D eigenvalue weighted by molar-refractivity contribution is 0.101. The summed E-state index contributed by atoms with van der Waals surface area (Å²) in [7, 11) is 0. The molecule has 0 spiro atoms. The van der Waals surface area contributed by atoms with Crippen LogP contribution in [0.1, 0.15) is 24.2 Å². The molecule has 4 nitrogen and oxygen atoms in total. The molecule has 1 aliphatic rings. The van der Waals surface area contributed by atoms with Gasteiger partial charge in [-0.2, -0.15) is 5.26 Å². The number of nitrogens with zero attached hydrogens (tertiary/aromatic N) is 3. The topological polar surface area (TPSA) is 47.3 Å². The van der Waals surface area contributed by atoms with Crippen molar-refractivity contribution in [3.8, 4) is 6.07 Å². The van der Waals surface area contributed by atoms with E-state index in [2.05, 4.69) is 15.9 Å². The predicted octanol–water partition coefficient (Wildman–Crippen LogP) is 2.17. The van der Waals surface area contributed by atoms with Crippen LogP contribution in [0.3, 0.4) is 0 Å². The van der Waals surface area contributed by atoms with E-state index in [1.807, 2.05) is 31.2 Å². The minimum atomic E-state index is 0.0939. The lowest BCUT2D eigenvalue weighted by atomic mass is 10.1. The number of benzene rings is 1. The number of Topliss-reactive ketones (excluding diaryl/α,β-unsaturated/α-hetero) is 1. The molecule has 0 aliphatic carbocycles. The van der Waals surface area contributed by atoms with Crippen LogP contribution in [-0.4, -0.2) is 43.4 Å². The summed E-state index contributed by atoms with van der Waals surface area (Å²) in [5, 5.41) is 8.85. The third-order valence-electron chi connectivity index (χ3n) is 3.76. The molecule has 0 aromatic heterocycles. The Hall–Kier alpha value is -1.86. The van der Waals surface area contributed by atoms with Crippen LogP contribution in [0, 0.1) is 17.2 Å². The van der Waals surface area contributed by atoms with Crippen molar-refractivity contribution in [3.63, 3.8) is 0 Å². The first kappa shape index (κ1) is 14.5. The molecule has 106 valence electrons. The molecule has 20 heavy (non-hydrogen) atoms. The smallest absolute Gasteiger partial charge is 0.159 e. The maximum atomic E-state index is 11.3. The van der Waals surface area contributed by atoms with E-state index < -0.39 is 0 Å². The maximum Gasteiger partial charge on any atom is 0.159 e. The van der Waals surface area contributed by atoms with E-state index in [4.69, 9.17) is 5.26 Å². The van der Waals surface area contributed by atoms with E-state index >= 15 is 0 Å². The lowest BCUT2D eigenvalue weighted by Crippen LogP contribution is -2.47. The molecule has 0 radical (unpaired) electrons. The van der Waals surface area contributed by atoms with Crippen molar-refractivity contribution in [2.45, 2.75) is 13.8 Å². The van der Waals surface area contributed by atoms with Gasteiger partial charge >= 0.3 is 0 Å². The zero-order chi connectivity index (χ0) is 14.5. The van der Waals surface area contributed by atoms with Crippen molar-refractivity contribution < 1.29 is 4.79 Å². The molecule has 0 saturated carbocycles. The molecule has 0 unspecified atom stereocenters. The summed E-state index contributed by atoms with van der Waals surface area (Å²) in [6.45, 7) is 8.32. The van der Waals surface area contributed by atoms with Crippen LogP contribution in [-0.2, 0) is 0 Å². The van der Waals surface area contributed by atoms with Gasteiger partial charge in [-0.15, -0.1) is 0 Å². The number of nitriles is 1. The SMILES string of the molecule is CC(=O)c1ccc(N2CCN(C[C@@H](C)C#N)CC2)cc1. The zero-order valence-electron chi connectivity index (χ0n) is 12.2. The first-order chi connectivity index (χ1) is 9.60. The third-order valence-corrected chi connectivity index (χ3v) is 3.76. The third kappa shape index (κ3) is 3.58. The molecule has 1 fully saturated rings. The first-order valence-electron chi connectivity index (χ1n) is 7.08. The van der Waals surface area contributed by atoms with E-state index in [0.29, 0.717) is 0 Å². The number of carbonyl (C=O) groups is 1. The Morgan fingerprint density at radius 3 is 2.35 bits per heavy atom. The summed E-state index contributed by atoms with van der Waals surface area (Å²) in [5.74, 6) is 0.197. The van der Waals surface area contributed by atoms with Crippen molar-refractivity contribution in [2.75, 3.05) is 37.6 Å². The Bertz CT molecular complexity index is 495. The average Bonchev–Trinajstić information content (AvgIpc) is 2.48. The fraction of sp³-hybridized carbons (Fsp3) is 0.500. The van der Waals surface area contributed by atoms with Crippen molar-refractivity contribution in [3.05, 3.63) is 29.8 Å². The Morgan fingerprint density at radius 1 is 1.25 bits per heavy atom. The summed E-state index contributed by atoms with van der Waals surface area (Å²) >= 11 is 0. The van der Waals surface area contributed by atoms with E-state index in [-0.39, 0.29) is 11.7 Å². The van der Waals surface area contributed by atoms with Crippen LogP contribution in [0.4, 0.5) is 5.69 Å². The Morgan fingerprint density at radius 2 is 1.85 bits per heavy atom. The number of anilines is 1. The number of hydrogen-bond acceptors (Lipinski definition) is 4. The maximum absolute atomic E-state index is 11.3. The Balaban J connectivity index is 1.90. The minimum absolute atomic E-state index is 0.0939. The van der Waals surface area contributed by atoms with Gasteiger partial charge in [0.2, 0.25) is 0 Å². The molecule has 1 aromatic carbocycles. The van der Waals surface area contributed by atoms with Gasteiger partial charge in [0, 0.05) is 44.0 Å². The van der Waals surface area contributed by atoms with Crippen molar-refractivity contribution in [1.29, 1.82) is 5.26 Å². The summed E-state index contributed by atoms with van der Waals surface area (Å²) in [6, 6.07) is 10.1. The molecule has 1 heterocycles. The number of carbonyl (C=O) groups excluding carboxylic acids is 1. The number of rotatable bonds is 4. The van der Waals surface area contributed by atoms with Crippen LogP contribution in [0.25, 0.3) is 0 Å². The highest BCUT2D eigenvalue weighted by atomic mass is 16.1. The quantitative estimate of drug-likeness (QED) is 0.787. The highest BCUT2D eigenvalue weighted by molar-refractivity contribution is 5.94. The Kier molecular flexibility index (Phi) is 4.75. The zero-order valence-corrected chi connectivity index (χ0v) is 12.2. The molecule has 1 saturated heterocycles. The number of ketones is 1. The molecular weight excluding hydrogens is 250 g/mol. The second-order valence-electron chi connectivity index (χ2n) is 5.42. The fourth-order valence-electron chi connectivity index (χ4n) is 2.52. The molecule has 2 rings (SSSR count). The van der Waals surface area contributed by atoms with Crippen LogP contribution >= 0.6 is 0 Å². The summed E-state index contributed by atoms with van der Waals surface area (Å²) in [5.41, 5.74) is 1.93. The van der Waals surface area contributed by atoms with Crippen molar-refractivity contribution in [2.24, 2.45) is 5.92 Å². The standard InChI is InChI=1S/C16H21N3O/c1-13(11-17)12-18-7-9-19(10-8-18)16-5-3-15(4-6-16)14(2)20/h3-6,13H,7-10,12H2,1-2H3/t13-/m0/s1. The summed E-state index contributed by atoms with van der Waals surface area (Å²) in [6.07, 6.45) is 0. The van der Waals surface area contributed by atoms with Gasteiger partial charge in [-0.1, -0.05) is 0 Å². The average molecular weight is 271 g/mol. The van der Waals surface area contributed by atoms with Crippen LogP contribution < -0.4 is 4.90 Å². The summed E-state index contributed by atoms with van der Waals surface area (Å²) in [4.78, 5) is 15.9. The second-order valence-corrected chi connectivity index (χ2v) is 5.42. The highest BCUT2D eigenvalue weighted by Gasteiger charge is 2.18. The minimum Gasteiger partial charge on any atom is -0.369 e. The molecular formula is C16H21N3O. The monoisotopic (exact) mass is 271 g/mol. The normalized spacial score (nSPS) is 17.6. The van der Waals surface area contributed by atoms with Gasteiger partial charge in [0.25, 0.3) is 0 Å². The van der Waals surface area contributed by atoms with Crippen LogP contribution in [0.15, 0.2) is 24.3 Å². The number of piperazine rings is 1. The van der Waals surface area contributed by atoms with Gasteiger partial charge in [0.05, 0.1) is 12.0 Å². The fourth-order valence-corrected chi connectivity index (χ4v) is 2.52. The molecule has 1 atom stereocenters. The second kappa shape index (κ2) is 6.53. The van der Waals surface area contributed by atoms with Gasteiger partial charge < -0.3 is 4.90 Å². The largest absolute Gasteiger partial charge is 0.369 e. The molecule has 1 aromatic rings. The highest BCUT2D eigenvalue weighted by Crippen LogP contribution is 2.18. The van der Waals surface area contributed by atoms with E-state index in [0.717, 1.165) is 38.3 Å². The van der Waals surface area contributed by atoms with Crippen molar-refractivity contribution >= 4 is 11.5 Å². The number of hydrogen-bond donors (Lipinski definition) is 0. The molecule has 0 bridgehead atoms. The van der Waals surface area contributed by atoms with Gasteiger partial charge in [0.15, 0.2) is 5.78 Å². The van der Waals surface area contributed by atoms with Gasteiger partial charge in [-0.3, -0.25) is 9.69 Å². The molecule has 4 heteroatoms.